The molecule has 12 heteroatoms. The maximum absolute atomic E-state index is 13.5. The van der Waals surface area contributed by atoms with E-state index >= 15 is 0 Å². The highest BCUT2D eigenvalue weighted by Crippen LogP contribution is 2.33. The molecule has 50 heavy (non-hydrogen) atoms. The van der Waals surface area contributed by atoms with E-state index in [-0.39, 0.29) is 36.4 Å². The fourth-order valence-corrected chi connectivity index (χ4v) is 6.39. The zero-order valence-electron chi connectivity index (χ0n) is 28.1. The van der Waals surface area contributed by atoms with Gasteiger partial charge in [-0.15, -0.1) is 11.3 Å². The average molecular weight is 697 g/mol. The Morgan fingerprint density at radius 2 is 1.86 bits per heavy atom. The molecule has 0 spiro atoms. The summed E-state index contributed by atoms with van der Waals surface area (Å²) < 4.78 is 11.5. The lowest BCUT2D eigenvalue weighted by atomic mass is 10.1. The smallest absolute Gasteiger partial charge is 0.262 e. The summed E-state index contributed by atoms with van der Waals surface area (Å²) >= 11 is 1.60. The number of nitrogens with two attached hydrogens (primary N) is 1. The van der Waals surface area contributed by atoms with Gasteiger partial charge < -0.3 is 36.1 Å². The van der Waals surface area contributed by atoms with Gasteiger partial charge in [0.1, 0.15) is 11.5 Å². The Bertz CT molecular complexity index is 1740. The van der Waals surface area contributed by atoms with Gasteiger partial charge >= 0.3 is 0 Å². The number of nitrogens with zero attached hydrogens (tertiary/aromatic N) is 2. The van der Waals surface area contributed by atoms with Gasteiger partial charge in [0, 0.05) is 59.9 Å². The van der Waals surface area contributed by atoms with E-state index in [0.29, 0.717) is 47.2 Å². The molecular weight excluding hydrogens is 653 g/mol. The molecule has 0 bridgehead atoms. The van der Waals surface area contributed by atoms with Gasteiger partial charge in [0.05, 0.1) is 23.5 Å². The summed E-state index contributed by atoms with van der Waals surface area (Å²) in [7, 11) is 0. The van der Waals surface area contributed by atoms with Crippen molar-refractivity contribution in [1.82, 2.24) is 15.2 Å². The Kier molecular flexibility index (Phi) is 12.1. The molecule has 4 aromatic rings. The molecule has 3 amide bonds. The van der Waals surface area contributed by atoms with Gasteiger partial charge in [-0.25, -0.2) is 4.98 Å². The van der Waals surface area contributed by atoms with Crippen LogP contribution in [0.4, 0.5) is 11.4 Å². The van der Waals surface area contributed by atoms with Crippen molar-refractivity contribution in [3.8, 4) is 11.5 Å². The molecule has 11 nitrogen and oxygen atoms in total. The zero-order valence-corrected chi connectivity index (χ0v) is 28.9. The van der Waals surface area contributed by atoms with E-state index in [0.717, 1.165) is 69.3 Å². The molecule has 1 atom stereocenters. The van der Waals surface area contributed by atoms with Crippen LogP contribution < -0.4 is 31.2 Å². The lowest BCUT2D eigenvalue weighted by Crippen LogP contribution is -2.36. The van der Waals surface area contributed by atoms with E-state index in [1.165, 1.54) is 0 Å². The van der Waals surface area contributed by atoms with Crippen LogP contribution in [0, 0.1) is 0 Å². The Balaban J connectivity index is 0.905. The van der Waals surface area contributed by atoms with Gasteiger partial charge in [-0.05, 0) is 80.3 Å². The minimum absolute atomic E-state index is 0.0673. The molecule has 0 unspecified atom stereocenters. The maximum Gasteiger partial charge on any atom is 0.262 e. The van der Waals surface area contributed by atoms with Gasteiger partial charge in [-0.1, -0.05) is 31.0 Å². The maximum atomic E-state index is 13.5. The number of hydrogen-bond donors (Lipinski definition) is 4. The van der Waals surface area contributed by atoms with Crippen molar-refractivity contribution >= 4 is 40.4 Å². The molecule has 1 fully saturated rings. The lowest BCUT2D eigenvalue weighted by Gasteiger charge is -2.24. The van der Waals surface area contributed by atoms with Crippen LogP contribution in [0.25, 0.3) is 0 Å². The molecule has 1 aliphatic heterocycles. The molecule has 2 heterocycles. The summed E-state index contributed by atoms with van der Waals surface area (Å²) in [5, 5.41) is 11.2. The minimum Gasteiger partial charge on any atom is -0.494 e. The molecule has 1 aromatic heterocycles. The molecule has 2 aliphatic rings. The van der Waals surface area contributed by atoms with Crippen molar-refractivity contribution in [2.24, 2.45) is 5.73 Å². The third-order valence-electron chi connectivity index (χ3n) is 8.65. The number of unbranched alkanes of at least 4 members (excludes halogenated alkanes) is 3. The Morgan fingerprint density at radius 3 is 2.66 bits per heavy atom. The first kappa shape index (κ1) is 35.1. The van der Waals surface area contributed by atoms with Gasteiger partial charge in [0.25, 0.3) is 17.7 Å². The van der Waals surface area contributed by atoms with E-state index < -0.39 is 0 Å². The van der Waals surface area contributed by atoms with Crippen molar-refractivity contribution < 1.29 is 23.9 Å². The van der Waals surface area contributed by atoms with Crippen LogP contribution >= 0.6 is 11.3 Å². The normalized spacial score (nSPS) is 14.2. The Hall–Kier alpha value is -4.78. The molecular formula is C38H44N6O5S. The average Bonchev–Trinajstić information content (AvgIpc) is 3.84. The molecule has 1 saturated carbocycles. The number of nitrogens with one attached hydrogen (secondary N) is 3. The number of thiazole rings is 1. The lowest BCUT2D eigenvalue weighted by molar-refractivity contribution is -0.118. The summed E-state index contributed by atoms with van der Waals surface area (Å²) in [6, 6.07) is 20.1. The second-order valence-corrected chi connectivity index (χ2v) is 13.5. The summed E-state index contributed by atoms with van der Waals surface area (Å²) in [6.45, 7) is 2.72. The van der Waals surface area contributed by atoms with Crippen LogP contribution in [0.1, 0.15) is 70.5 Å². The number of hydrogen-bond acceptors (Lipinski definition) is 9. The van der Waals surface area contributed by atoms with Crippen molar-refractivity contribution in [3.05, 3.63) is 100 Å². The van der Waals surface area contributed by atoms with Crippen molar-refractivity contribution in [2.75, 3.05) is 36.9 Å². The molecule has 262 valence electrons. The van der Waals surface area contributed by atoms with Gasteiger partial charge in [0.2, 0.25) is 0 Å². The van der Waals surface area contributed by atoms with Crippen LogP contribution in [0.2, 0.25) is 0 Å². The molecule has 0 radical (unpaired) electrons. The van der Waals surface area contributed by atoms with E-state index in [1.807, 2.05) is 52.2 Å². The quantitative estimate of drug-likeness (QED) is 0.0980. The highest BCUT2D eigenvalue weighted by molar-refractivity contribution is 7.07. The third kappa shape index (κ3) is 10.1. The summed E-state index contributed by atoms with van der Waals surface area (Å²) in [5.74, 6) is 0.688. The molecule has 5 N–H and O–H groups in total. The minimum atomic E-state index is -0.220. The highest BCUT2D eigenvalue weighted by Gasteiger charge is 2.33. The fourth-order valence-electron chi connectivity index (χ4n) is 5.81. The largest absolute Gasteiger partial charge is 0.494 e. The predicted octanol–water partition coefficient (Wildman–Crippen LogP) is 5.63. The predicted molar refractivity (Wildman–Crippen MR) is 195 cm³/mol. The first-order valence-electron chi connectivity index (χ1n) is 17.3. The second kappa shape index (κ2) is 17.2. The molecule has 1 aliphatic carbocycles. The summed E-state index contributed by atoms with van der Waals surface area (Å²) in [6.07, 6.45) is 6.96. The van der Waals surface area contributed by atoms with Gasteiger partial charge in [0.15, 0.2) is 6.61 Å². The second-order valence-electron chi connectivity index (χ2n) is 12.8. The van der Waals surface area contributed by atoms with Gasteiger partial charge in [-0.3, -0.25) is 14.4 Å². The van der Waals surface area contributed by atoms with Crippen LogP contribution in [-0.4, -0.2) is 66.0 Å². The van der Waals surface area contributed by atoms with Crippen LogP contribution in [-0.2, 0) is 17.8 Å². The van der Waals surface area contributed by atoms with E-state index in [1.54, 1.807) is 41.7 Å². The van der Waals surface area contributed by atoms with Crippen molar-refractivity contribution in [3.63, 3.8) is 0 Å². The first-order chi connectivity index (χ1) is 24.4. The number of amides is 3. The van der Waals surface area contributed by atoms with Crippen LogP contribution in [0.15, 0.2) is 77.6 Å². The Labute approximate surface area is 296 Å². The van der Waals surface area contributed by atoms with Crippen LogP contribution in [0.3, 0.4) is 0 Å². The van der Waals surface area contributed by atoms with Crippen LogP contribution in [0.5, 0.6) is 11.5 Å². The summed E-state index contributed by atoms with van der Waals surface area (Å²) in [4.78, 5) is 44.3. The number of aromatic nitrogens is 1. The van der Waals surface area contributed by atoms with Gasteiger partial charge in [-0.2, -0.15) is 0 Å². The van der Waals surface area contributed by atoms with E-state index in [4.69, 9.17) is 15.2 Å². The summed E-state index contributed by atoms with van der Waals surface area (Å²) in [5.41, 5.74) is 12.3. The number of carbonyl (C=O) groups is 3. The number of ether oxygens (including phenoxy) is 2. The highest BCUT2D eigenvalue weighted by atomic mass is 32.1. The topological polar surface area (TPSA) is 148 Å². The SMILES string of the molecule is N[C@H](CNCCCCCCOc1cccc(NC(=O)c2ccc(CN(C(=O)c3ccc4c(c3)OCC(=O)N4)C3CC3)cc2)c1)Cc1cscn1. The van der Waals surface area contributed by atoms with Crippen molar-refractivity contribution in [2.45, 2.75) is 63.6 Å². The monoisotopic (exact) mass is 696 g/mol. The zero-order chi connectivity index (χ0) is 34.7. The number of benzene rings is 3. The first-order valence-corrected chi connectivity index (χ1v) is 18.2. The van der Waals surface area contributed by atoms with E-state index in [2.05, 4.69) is 20.9 Å². The number of fused-ring (bicyclic) bond motifs is 1. The van der Waals surface area contributed by atoms with E-state index in [9.17, 15) is 14.4 Å². The Morgan fingerprint density at radius 1 is 1.04 bits per heavy atom. The standard InChI is InChI=1S/C38H44N6O5S/c39-29(19-31-24-50-25-41-31)21-40-16-3-1-2-4-17-48-33-7-5-6-30(20-33)42-37(46)27-10-8-26(9-11-27)22-44(32-13-14-32)38(47)28-12-15-34-35(18-28)49-23-36(45)43-34/h5-12,15,18,20,24-25,29,32,40H,1-4,13-14,16-17,19,21-23,39H2,(H,42,46)(H,43,45)/t29-/m0/s1. The molecule has 0 saturated heterocycles. The fraction of sp³-hybridized carbons (Fsp3) is 0.368. The number of anilines is 2. The number of rotatable bonds is 18. The third-order valence-corrected chi connectivity index (χ3v) is 9.28. The van der Waals surface area contributed by atoms with Crippen molar-refractivity contribution in [1.29, 1.82) is 0 Å². The molecule has 3 aromatic carbocycles. The molecule has 6 rings (SSSR count). The number of carbonyl (C=O) groups excluding carboxylic acids is 3.